The Morgan fingerprint density at radius 2 is 1.84 bits per heavy atom. The molecule has 1 aromatic carbocycles. The van der Waals surface area contributed by atoms with Crippen LogP contribution >= 0.6 is 0 Å². The summed E-state index contributed by atoms with van der Waals surface area (Å²) in [6, 6.07) is 7.88. The minimum absolute atomic E-state index is 0.0858. The fourth-order valence-corrected chi connectivity index (χ4v) is 3.18. The third-order valence-corrected chi connectivity index (χ3v) is 4.84. The number of hydrogen-bond donors (Lipinski definition) is 3. The first-order chi connectivity index (χ1) is 12.0. The Labute approximate surface area is 151 Å². The largest absolute Gasteiger partial charge is 0.396 e. The number of rotatable bonds is 7. The molecule has 0 radical (unpaired) electrons. The molecular formula is C20H33N3O2. The van der Waals surface area contributed by atoms with E-state index in [1.165, 1.54) is 25.7 Å². The van der Waals surface area contributed by atoms with E-state index >= 15 is 0 Å². The van der Waals surface area contributed by atoms with Crippen molar-refractivity contribution in [2.24, 2.45) is 5.41 Å². The lowest BCUT2D eigenvalue weighted by atomic mass is 9.89. The van der Waals surface area contributed by atoms with E-state index in [0.29, 0.717) is 6.54 Å². The van der Waals surface area contributed by atoms with Crippen LogP contribution in [-0.2, 0) is 0 Å². The standard InChI is InChI=1S/C20H33N3O2/c1-20(2,16-24)12-9-13-21-19(25)22-17-10-5-6-11-18(17)23-14-7-3-4-8-15-23/h5-6,10-11,24H,3-4,7-9,12-16H2,1-2H3,(H2,21,22,25). The van der Waals surface area contributed by atoms with E-state index in [0.717, 1.165) is 37.3 Å². The van der Waals surface area contributed by atoms with Gasteiger partial charge in [-0.15, -0.1) is 0 Å². The number of aliphatic hydroxyl groups is 1. The maximum atomic E-state index is 12.2. The Bertz CT molecular complexity index is 537. The zero-order valence-corrected chi connectivity index (χ0v) is 15.7. The number of anilines is 2. The van der Waals surface area contributed by atoms with Gasteiger partial charge in [0.1, 0.15) is 0 Å². The molecule has 140 valence electrons. The van der Waals surface area contributed by atoms with Crippen molar-refractivity contribution in [3.63, 3.8) is 0 Å². The second-order valence-corrected chi connectivity index (χ2v) is 7.73. The van der Waals surface area contributed by atoms with Crippen LogP contribution in [0.5, 0.6) is 0 Å². The number of hydrogen-bond acceptors (Lipinski definition) is 3. The Balaban J connectivity index is 1.86. The predicted octanol–water partition coefficient (Wildman–Crippen LogP) is 3.99. The smallest absolute Gasteiger partial charge is 0.319 e. The number of para-hydroxylation sites is 2. The lowest BCUT2D eigenvalue weighted by Gasteiger charge is -2.25. The molecule has 5 nitrogen and oxygen atoms in total. The van der Waals surface area contributed by atoms with Crippen LogP contribution in [0.4, 0.5) is 16.2 Å². The van der Waals surface area contributed by atoms with E-state index < -0.39 is 0 Å². The fraction of sp³-hybridized carbons (Fsp3) is 0.650. The number of nitrogens with zero attached hydrogens (tertiary/aromatic N) is 1. The topological polar surface area (TPSA) is 64.6 Å². The van der Waals surface area contributed by atoms with Gasteiger partial charge in [0.15, 0.2) is 0 Å². The summed E-state index contributed by atoms with van der Waals surface area (Å²) < 4.78 is 0. The summed E-state index contributed by atoms with van der Waals surface area (Å²) in [4.78, 5) is 14.6. The van der Waals surface area contributed by atoms with Crippen molar-refractivity contribution in [1.82, 2.24) is 5.32 Å². The van der Waals surface area contributed by atoms with Crippen molar-refractivity contribution >= 4 is 17.4 Å². The monoisotopic (exact) mass is 347 g/mol. The van der Waals surface area contributed by atoms with Gasteiger partial charge in [-0.3, -0.25) is 0 Å². The van der Waals surface area contributed by atoms with Crippen LogP contribution in [0.25, 0.3) is 0 Å². The van der Waals surface area contributed by atoms with Gasteiger partial charge in [-0.25, -0.2) is 4.79 Å². The molecule has 0 saturated carbocycles. The highest BCUT2D eigenvalue weighted by Gasteiger charge is 2.16. The fourth-order valence-electron chi connectivity index (χ4n) is 3.18. The summed E-state index contributed by atoms with van der Waals surface area (Å²) in [6.45, 7) is 6.95. The highest BCUT2D eigenvalue weighted by atomic mass is 16.3. The first kappa shape index (κ1) is 19.6. The first-order valence-electron chi connectivity index (χ1n) is 9.51. The number of nitrogens with one attached hydrogen (secondary N) is 2. The molecule has 25 heavy (non-hydrogen) atoms. The molecule has 0 spiro atoms. The number of urea groups is 1. The van der Waals surface area contributed by atoms with Crippen LogP contribution in [0.3, 0.4) is 0 Å². The van der Waals surface area contributed by atoms with Crippen LogP contribution in [0.2, 0.25) is 0 Å². The molecule has 0 atom stereocenters. The van der Waals surface area contributed by atoms with Gasteiger partial charge in [0.05, 0.1) is 11.4 Å². The average Bonchev–Trinajstić information content (AvgIpc) is 2.88. The Hall–Kier alpha value is -1.75. The molecule has 1 aromatic rings. The van der Waals surface area contributed by atoms with Crippen LogP contribution in [0, 0.1) is 5.41 Å². The minimum Gasteiger partial charge on any atom is -0.396 e. The molecule has 1 aliphatic rings. The predicted molar refractivity (Wildman–Crippen MR) is 104 cm³/mol. The molecule has 1 aliphatic heterocycles. The van der Waals surface area contributed by atoms with E-state index in [4.69, 9.17) is 0 Å². The van der Waals surface area contributed by atoms with E-state index in [-0.39, 0.29) is 18.1 Å². The van der Waals surface area contributed by atoms with Crippen LogP contribution in [0.1, 0.15) is 52.4 Å². The summed E-state index contributed by atoms with van der Waals surface area (Å²) in [5.41, 5.74) is 1.90. The number of carbonyl (C=O) groups is 1. The second kappa shape index (κ2) is 9.66. The summed E-state index contributed by atoms with van der Waals surface area (Å²) in [5, 5.41) is 15.2. The van der Waals surface area contributed by atoms with Gasteiger partial charge >= 0.3 is 6.03 Å². The van der Waals surface area contributed by atoms with Crippen molar-refractivity contribution in [3.05, 3.63) is 24.3 Å². The number of aliphatic hydroxyl groups excluding tert-OH is 1. The molecule has 5 heteroatoms. The van der Waals surface area contributed by atoms with Gasteiger partial charge in [-0.05, 0) is 43.2 Å². The third-order valence-electron chi connectivity index (χ3n) is 4.84. The lowest BCUT2D eigenvalue weighted by molar-refractivity contribution is 0.148. The highest BCUT2D eigenvalue weighted by molar-refractivity contribution is 5.93. The van der Waals surface area contributed by atoms with Crippen molar-refractivity contribution < 1.29 is 9.90 Å². The molecule has 0 aliphatic carbocycles. The molecule has 1 saturated heterocycles. The molecule has 2 rings (SSSR count). The number of benzene rings is 1. The molecule has 1 fully saturated rings. The summed E-state index contributed by atoms with van der Waals surface area (Å²) in [6.07, 6.45) is 6.73. The molecular weight excluding hydrogens is 314 g/mol. The van der Waals surface area contributed by atoms with E-state index in [9.17, 15) is 9.90 Å². The SMILES string of the molecule is CC(C)(CO)CCCNC(=O)Nc1ccccc1N1CCCCCC1. The maximum absolute atomic E-state index is 12.2. The van der Waals surface area contributed by atoms with Crippen LogP contribution in [-0.4, -0.2) is 37.4 Å². The third kappa shape index (κ3) is 6.58. The lowest BCUT2D eigenvalue weighted by Crippen LogP contribution is -2.32. The molecule has 1 heterocycles. The maximum Gasteiger partial charge on any atom is 0.319 e. The zero-order valence-electron chi connectivity index (χ0n) is 15.7. The Kier molecular flexibility index (Phi) is 7.56. The summed E-state index contributed by atoms with van der Waals surface area (Å²) in [7, 11) is 0. The molecule has 0 aromatic heterocycles. The summed E-state index contributed by atoms with van der Waals surface area (Å²) >= 11 is 0. The average molecular weight is 348 g/mol. The Morgan fingerprint density at radius 3 is 2.52 bits per heavy atom. The quantitative estimate of drug-likeness (QED) is 0.654. The van der Waals surface area contributed by atoms with Gasteiger partial charge in [-0.1, -0.05) is 38.8 Å². The zero-order chi connectivity index (χ0) is 18.1. The van der Waals surface area contributed by atoms with Crippen molar-refractivity contribution in [2.75, 3.05) is 36.5 Å². The number of amides is 2. The van der Waals surface area contributed by atoms with E-state index in [1.54, 1.807) is 0 Å². The second-order valence-electron chi connectivity index (χ2n) is 7.73. The van der Waals surface area contributed by atoms with Gasteiger partial charge in [0.25, 0.3) is 0 Å². The number of carbonyl (C=O) groups excluding carboxylic acids is 1. The Morgan fingerprint density at radius 1 is 1.16 bits per heavy atom. The van der Waals surface area contributed by atoms with Crippen molar-refractivity contribution in [2.45, 2.75) is 52.4 Å². The van der Waals surface area contributed by atoms with E-state index in [2.05, 4.69) is 21.6 Å². The van der Waals surface area contributed by atoms with Gasteiger partial charge in [-0.2, -0.15) is 0 Å². The minimum atomic E-state index is -0.163. The van der Waals surface area contributed by atoms with Crippen molar-refractivity contribution in [1.29, 1.82) is 0 Å². The molecule has 2 amide bonds. The van der Waals surface area contributed by atoms with Crippen LogP contribution in [0.15, 0.2) is 24.3 Å². The van der Waals surface area contributed by atoms with Crippen LogP contribution < -0.4 is 15.5 Å². The summed E-state index contributed by atoms with van der Waals surface area (Å²) in [5.74, 6) is 0. The highest BCUT2D eigenvalue weighted by Crippen LogP contribution is 2.28. The van der Waals surface area contributed by atoms with Gasteiger partial charge in [0.2, 0.25) is 0 Å². The molecule has 0 unspecified atom stereocenters. The normalized spacial score (nSPS) is 15.6. The van der Waals surface area contributed by atoms with Gasteiger partial charge < -0.3 is 20.6 Å². The van der Waals surface area contributed by atoms with Crippen molar-refractivity contribution in [3.8, 4) is 0 Å². The van der Waals surface area contributed by atoms with E-state index in [1.807, 2.05) is 32.0 Å². The van der Waals surface area contributed by atoms with Gasteiger partial charge in [0, 0.05) is 26.2 Å². The molecule has 3 N–H and O–H groups in total. The molecule has 0 bridgehead atoms. The first-order valence-corrected chi connectivity index (χ1v) is 9.51.